The molecule has 0 unspecified atom stereocenters. The van der Waals surface area contributed by atoms with Crippen LogP contribution in [0.4, 0.5) is 0 Å². The molecule has 4 heterocycles. The van der Waals surface area contributed by atoms with Crippen molar-refractivity contribution in [1.82, 2.24) is 14.7 Å². The molecule has 11 nitrogen and oxygen atoms in total. The topological polar surface area (TPSA) is 115 Å². The summed E-state index contributed by atoms with van der Waals surface area (Å²) in [5, 5.41) is 0. The van der Waals surface area contributed by atoms with E-state index in [2.05, 4.69) is 27.7 Å². The van der Waals surface area contributed by atoms with Crippen molar-refractivity contribution < 1.29 is 37.8 Å². The van der Waals surface area contributed by atoms with Gasteiger partial charge in [0.1, 0.15) is 29.4 Å². The highest BCUT2D eigenvalue weighted by molar-refractivity contribution is 6.55. The largest absolute Gasteiger partial charge is 0.539 e. The molecule has 3 aromatic carbocycles. The Morgan fingerprint density at radius 3 is 2.22 bits per heavy atom. The molecule has 4 aliphatic heterocycles. The minimum absolute atomic E-state index is 0.0610. The number of rotatable bonds is 10. The highest BCUT2D eigenvalue weighted by atomic mass is 28.3. The first-order chi connectivity index (χ1) is 28.3. The van der Waals surface area contributed by atoms with Gasteiger partial charge in [-0.2, -0.15) is 0 Å². The van der Waals surface area contributed by atoms with Crippen molar-refractivity contribution in [3.63, 3.8) is 0 Å². The molecule has 7 rings (SSSR count). The third-order valence-electron chi connectivity index (χ3n) is 12.2. The predicted molar refractivity (Wildman–Crippen MR) is 225 cm³/mol. The average molecular weight is 819 g/mol. The maximum atomic E-state index is 15.3. The summed E-state index contributed by atoms with van der Waals surface area (Å²) in [4.78, 5) is 63.6. The molecule has 0 aromatic heterocycles. The van der Waals surface area contributed by atoms with Gasteiger partial charge in [0.25, 0.3) is 9.04 Å². The van der Waals surface area contributed by atoms with Crippen molar-refractivity contribution >= 4 is 32.7 Å². The Labute approximate surface area is 349 Å². The molecule has 7 atom stereocenters. The van der Waals surface area contributed by atoms with Crippen LogP contribution in [-0.4, -0.2) is 91.9 Å². The van der Waals surface area contributed by atoms with Gasteiger partial charge in [-0.15, -0.1) is 0 Å². The van der Waals surface area contributed by atoms with Gasteiger partial charge in [0, 0.05) is 33.1 Å². The number of carbonyl (C=O) groups is 4. The number of methoxy groups -OCH3 is 1. The van der Waals surface area contributed by atoms with E-state index >= 15 is 9.59 Å². The minimum Gasteiger partial charge on any atom is -0.539 e. The zero-order valence-electron chi connectivity index (χ0n) is 35.1. The maximum absolute atomic E-state index is 15.3. The van der Waals surface area contributed by atoms with E-state index in [1.807, 2.05) is 104 Å². The first kappa shape index (κ1) is 41.9. The molecule has 0 aliphatic carbocycles. The number of fused-ring (bicyclic) bond motifs is 2. The molecule has 311 valence electrons. The number of allylic oxidation sites excluding steroid dienone is 1. The van der Waals surface area contributed by atoms with Crippen LogP contribution in [0.3, 0.4) is 0 Å². The fraction of sp³-hybridized carbons (Fsp3) is 0.447. The van der Waals surface area contributed by atoms with E-state index in [1.165, 1.54) is 0 Å². The van der Waals surface area contributed by atoms with Crippen LogP contribution >= 0.6 is 0 Å². The number of esters is 1. The van der Waals surface area contributed by atoms with Crippen LogP contribution in [0.5, 0.6) is 11.5 Å². The standard InChI is InChI=1S/C47H56N3O8Si/c1-30(2)59(31(3)4)58-36-23-22-34(27-38(36)55-7)29-50-43-45(53)49(28-33-17-11-8-12-18-33)26-16-10-15-21-39(51)48(6)32(5)42(35-19-13-9-14-20-35)56-46(54)40-37-24-25-47(43,57-37)41(40)44(50)52/h8-14,16-20,22-25,27,30-32,37,40-43H,15,21,26,28-29H2,1-7H3/b16-10+/t32-,37+,40-,41-,42+,43+,47-/m1/s1. The summed E-state index contributed by atoms with van der Waals surface area (Å²) in [6.07, 6.45) is 6.53. The molecule has 1 radical (unpaired) electrons. The second-order valence-corrected chi connectivity index (χ2v) is 20.0. The quantitative estimate of drug-likeness (QED) is 0.122. The minimum atomic E-state index is -1.42. The van der Waals surface area contributed by atoms with Gasteiger partial charge in [0.2, 0.25) is 17.7 Å². The molecule has 0 saturated carbocycles. The molecular weight excluding hydrogens is 763 g/mol. The van der Waals surface area contributed by atoms with Crippen LogP contribution in [0.1, 0.15) is 70.3 Å². The van der Waals surface area contributed by atoms with Crippen molar-refractivity contribution in [2.24, 2.45) is 11.8 Å². The third-order valence-corrected chi connectivity index (χ3v) is 14.9. The second-order valence-electron chi connectivity index (χ2n) is 16.7. The number of likely N-dealkylation sites (N-methyl/N-ethyl adjacent to an activating group) is 1. The Morgan fingerprint density at radius 1 is 0.847 bits per heavy atom. The van der Waals surface area contributed by atoms with Gasteiger partial charge < -0.3 is 33.3 Å². The van der Waals surface area contributed by atoms with Gasteiger partial charge in [-0.25, -0.2) is 0 Å². The van der Waals surface area contributed by atoms with Crippen molar-refractivity contribution in [1.29, 1.82) is 0 Å². The number of hydrogen-bond acceptors (Lipinski definition) is 8. The Bertz CT molecular complexity index is 2070. The first-order valence-corrected chi connectivity index (χ1v) is 22.3. The zero-order chi connectivity index (χ0) is 42.0. The highest BCUT2D eigenvalue weighted by Gasteiger charge is 2.73. The Morgan fingerprint density at radius 2 is 1.54 bits per heavy atom. The molecule has 2 fully saturated rings. The van der Waals surface area contributed by atoms with Gasteiger partial charge >= 0.3 is 5.97 Å². The SMILES string of the molecule is COc1cc(CN2C(=O)[C@H]3[C@@H]4C(=O)O[C@H](c5ccccc5)[C@@H](C)N(C)C(=O)CC/C=C/CN(Cc5ccccc5)C(=O)[C@H]2[C@@]32C=C[C@@H]4O2)ccc1O[Si](C(C)C)C(C)C. The third kappa shape index (κ3) is 8.21. The number of carbonyl (C=O) groups excluding carboxylic acids is 4. The predicted octanol–water partition coefficient (Wildman–Crippen LogP) is 7.05. The van der Waals surface area contributed by atoms with Crippen LogP contribution in [0.15, 0.2) is 103 Å². The average Bonchev–Trinajstić information content (AvgIpc) is 3.88. The number of amides is 3. The van der Waals surface area contributed by atoms with Crippen LogP contribution in [0, 0.1) is 11.8 Å². The summed E-state index contributed by atoms with van der Waals surface area (Å²) in [6, 6.07) is 23.1. The summed E-state index contributed by atoms with van der Waals surface area (Å²) >= 11 is 0. The van der Waals surface area contributed by atoms with Crippen LogP contribution in [-0.2, 0) is 41.7 Å². The van der Waals surface area contributed by atoms with Gasteiger partial charge in [0.15, 0.2) is 5.75 Å². The summed E-state index contributed by atoms with van der Waals surface area (Å²) in [5.41, 5.74) is 1.69. The molecule has 1 spiro atoms. The van der Waals surface area contributed by atoms with Gasteiger partial charge in [0.05, 0.1) is 25.2 Å². The Kier molecular flexibility index (Phi) is 12.5. The van der Waals surface area contributed by atoms with Crippen LogP contribution < -0.4 is 9.16 Å². The molecule has 4 aliphatic rings. The summed E-state index contributed by atoms with van der Waals surface area (Å²) < 4.78 is 25.6. The number of hydrogen-bond donors (Lipinski definition) is 0. The number of ether oxygens (including phenoxy) is 3. The van der Waals surface area contributed by atoms with Gasteiger partial charge in [-0.1, -0.05) is 119 Å². The van der Waals surface area contributed by atoms with Crippen molar-refractivity contribution in [3.05, 3.63) is 120 Å². The maximum Gasteiger partial charge on any atom is 0.313 e. The number of benzene rings is 3. The van der Waals surface area contributed by atoms with Crippen molar-refractivity contribution in [2.45, 2.75) is 102 Å². The molecule has 2 saturated heterocycles. The normalized spacial score (nSPS) is 27.9. The summed E-state index contributed by atoms with van der Waals surface area (Å²) in [7, 11) is 2.09. The molecule has 5 bridgehead atoms. The number of nitrogens with zero attached hydrogens (tertiary/aromatic N) is 3. The summed E-state index contributed by atoms with van der Waals surface area (Å²) in [6.45, 7) is 11.1. The lowest BCUT2D eigenvalue weighted by Gasteiger charge is -2.36. The Balaban J connectivity index is 1.30. The van der Waals surface area contributed by atoms with Crippen molar-refractivity contribution in [3.8, 4) is 11.5 Å². The molecule has 3 amide bonds. The lowest BCUT2D eigenvalue weighted by Crippen LogP contribution is -2.55. The molecule has 3 aromatic rings. The van der Waals surface area contributed by atoms with E-state index in [0.717, 1.165) is 16.7 Å². The molecular formula is C47H56N3O8Si. The second kappa shape index (κ2) is 17.6. The number of cyclic esters (lactones) is 1. The fourth-order valence-corrected chi connectivity index (χ4v) is 11.4. The Hall–Kier alpha value is -5.20. The zero-order valence-corrected chi connectivity index (χ0v) is 36.1. The van der Waals surface area contributed by atoms with E-state index in [4.69, 9.17) is 18.6 Å². The smallest absolute Gasteiger partial charge is 0.313 e. The number of likely N-dealkylation sites (tertiary alicyclic amines) is 1. The first-order valence-electron chi connectivity index (χ1n) is 20.7. The molecule has 12 heteroatoms. The van der Waals surface area contributed by atoms with E-state index in [0.29, 0.717) is 29.0 Å². The summed E-state index contributed by atoms with van der Waals surface area (Å²) in [5.74, 6) is -2.26. The highest BCUT2D eigenvalue weighted by Crippen LogP contribution is 2.56. The van der Waals surface area contributed by atoms with Gasteiger partial charge in [-0.05, 0) is 53.3 Å². The molecule has 59 heavy (non-hydrogen) atoms. The lowest BCUT2D eigenvalue weighted by atomic mass is 9.74. The van der Waals surface area contributed by atoms with E-state index < -0.39 is 56.7 Å². The van der Waals surface area contributed by atoms with E-state index in [-0.39, 0.29) is 43.8 Å². The van der Waals surface area contributed by atoms with Crippen molar-refractivity contribution in [2.75, 3.05) is 20.7 Å². The van der Waals surface area contributed by atoms with E-state index in [9.17, 15) is 9.59 Å². The molecule has 0 N–H and O–H groups in total. The van der Waals surface area contributed by atoms with E-state index in [1.54, 1.807) is 34.9 Å². The van der Waals surface area contributed by atoms with Crippen LogP contribution in [0.2, 0.25) is 11.1 Å². The lowest BCUT2D eigenvalue weighted by molar-refractivity contribution is -0.164. The van der Waals surface area contributed by atoms with Crippen LogP contribution in [0.25, 0.3) is 0 Å². The van der Waals surface area contributed by atoms with Gasteiger partial charge in [-0.3, -0.25) is 19.2 Å². The fourth-order valence-electron chi connectivity index (χ4n) is 9.14. The monoisotopic (exact) mass is 818 g/mol.